The number of halogens is 1. The molecule has 0 saturated carbocycles. The SMILES string of the molecule is CC(C)Cc1nc2sc3c(ncn4c(SCC(=O)Nc5ccc(Cl)cc5)nnc34)c2c2c1CCCC2. The van der Waals surface area contributed by atoms with Gasteiger partial charge in [0.2, 0.25) is 5.91 Å². The summed E-state index contributed by atoms with van der Waals surface area (Å²) in [6.07, 6.45) is 7.38. The Labute approximate surface area is 221 Å². The molecule has 4 aromatic heterocycles. The van der Waals surface area contributed by atoms with E-state index in [0.29, 0.717) is 21.8 Å². The lowest BCUT2D eigenvalue weighted by Gasteiger charge is -2.20. The molecule has 1 aromatic carbocycles. The van der Waals surface area contributed by atoms with Gasteiger partial charge in [0.25, 0.3) is 0 Å². The lowest BCUT2D eigenvalue weighted by atomic mass is 9.87. The highest BCUT2D eigenvalue weighted by Crippen LogP contribution is 2.40. The van der Waals surface area contributed by atoms with Gasteiger partial charge in [0, 0.05) is 21.8 Å². The highest BCUT2D eigenvalue weighted by atomic mass is 35.5. The average molecular weight is 537 g/mol. The molecule has 0 unspecified atom stereocenters. The first kappa shape index (κ1) is 23.6. The molecule has 1 aliphatic rings. The van der Waals surface area contributed by atoms with Crippen LogP contribution >= 0.6 is 34.7 Å². The number of rotatable bonds is 6. The Bertz CT molecular complexity index is 1610. The first-order valence-electron chi connectivity index (χ1n) is 12.1. The zero-order chi connectivity index (χ0) is 24.8. The van der Waals surface area contributed by atoms with E-state index in [0.717, 1.165) is 40.0 Å². The number of aromatic nitrogens is 5. The number of anilines is 1. The third-order valence-corrected chi connectivity index (χ3v) is 8.71. The molecule has 5 aromatic rings. The van der Waals surface area contributed by atoms with Crippen LogP contribution in [0.3, 0.4) is 0 Å². The summed E-state index contributed by atoms with van der Waals surface area (Å²) < 4.78 is 2.87. The summed E-state index contributed by atoms with van der Waals surface area (Å²) in [6.45, 7) is 4.50. The van der Waals surface area contributed by atoms with Crippen molar-refractivity contribution in [1.29, 1.82) is 0 Å². The molecule has 0 aliphatic heterocycles. The maximum Gasteiger partial charge on any atom is 0.234 e. The first-order valence-corrected chi connectivity index (χ1v) is 14.3. The van der Waals surface area contributed by atoms with Crippen molar-refractivity contribution < 1.29 is 4.79 Å². The monoisotopic (exact) mass is 536 g/mol. The number of thioether (sulfide) groups is 1. The van der Waals surface area contributed by atoms with Crippen molar-refractivity contribution >= 4 is 72.4 Å². The number of aryl methyl sites for hydroxylation is 1. The zero-order valence-electron chi connectivity index (χ0n) is 20.0. The Balaban J connectivity index is 1.33. The van der Waals surface area contributed by atoms with Crippen molar-refractivity contribution in [3.05, 3.63) is 52.4 Å². The molecule has 7 nitrogen and oxygen atoms in total. The van der Waals surface area contributed by atoms with Crippen LogP contribution in [0.1, 0.15) is 43.5 Å². The first-order chi connectivity index (χ1) is 17.5. The largest absolute Gasteiger partial charge is 0.325 e. The van der Waals surface area contributed by atoms with Crippen LogP contribution in [-0.4, -0.2) is 36.2 Å². The predicted octanol–water partition coefficient (Wildman–Crippen LogP) is 6.35. The van der Waals surface area contributed by atoms with E-state index in [1.54, 1.807) is 41.9 Å². The van der Waals surface area contributed by atoms with Gasteiger partial charge < -0.3 is 5.32 Å². The van der Waals surface area contributed by atoms with Crippen molar-refractivity contribution in [2.45, 2.75) is 51.1 Å². The molecule has 36 heavy (non-hydrogen) atoms. The molecule has 0 saturated heterocycles. The molecule has 4 heterocycles. The summed E-state index contributed by atoms with van der Waals surface area (Å²) in [5, 5.41) is 14.2. The fourth-order valence-electron chi connectivity index (χ4n) is 4.89. The van der Waals surface area contributed by atoms with E-state index < -0.39 is 0 Å². The maximum absolute atomic E-state index is 12.5. The molecule has 0 atom stereocenters. The summed E-state index contributed by atoms with van der Waals surface area (Å²) in [5.41, 5.74) is 6.55. The third kappa shape index (κ3) is 4.33. The standard InChI is InChI=1S/C26H25ClN6OS2/c1-14(2)11-19-17-5-3-4-6-18(17)21-22-23(36-25(21)30-19)24-31-32-26(33(24)13-28-22)35-12-20(34)29-16-9-7-15(27)8-10-16/h7-10,13-14H,3-6,11-12H2,1-2H3,(H,29,34). The van der Waals surface area contributed by atoms with Crippen molar-refractivity contribution in [3.63, 3.8) is 0 Å². The number of carbonyl (C=O) groups is 1. The van der Waals surface area contributed by atoms with Gasteiger partial charge in [-0.3, -0.25) is 9.20 Å². The van der Waals surface area contributed by atoms with Gasteiger partial charge in [0.05, 0.1) is 11.3 Å². The number of hydrogen-bond donors (Lipinski definition) is 1. The number of hydrogen-bond acceptors (Lipinski definition) is 7. The molecule has 0 fully saturated rings. The number of carbonyl (C=O) groups excluding carboxylic acids is 1. The minimum atomic E-state index is -0.122. The van der Waals surface area contributed by atoms with Crippen LogP contribution in [-0.2, 0) is 24.1 Å². The van der Waals surface area contributed by atoms with Gasteiger partial charge in [0.1, 0.15) is 15.9 Å². The lowest BCUT2D eigenvalue weighted by molar-refractivity contribution is -0.113. The number of nitrogens with zero attached hydrogens (tertiary/aromatic N) is 5. The van der Waals surface area contributed by atoms with E-state index in [9.17, 15) is 4.79 Å². The van der Waals surface area contributed by atoms with Gasteiger partial charge in [-0.25, -0.2) is 9.97 Å². The Morgan fingerprint density at radius 1 is 1.17 bits per heavy atom. The number of amides is 1. The van der Waals surface area contributed by atoms with Gasteiger partial charge in [-0.05, 0) is 73.4 Å². The number of benzene rings is 1. The van der Waals surface area contributed by atoms with E-state index in [1.807, 2.05) is 4.40 Å². The molecule has 1 N–H and O–H groups in total. The molecule has 1 amide bonds. The minimum absolute atomic E-state index is 0.122. The molecule has 0 radical (unpaired) electrons. The molecule has 6 rings (SSSR count). The summed E-state index contributed by atoms with van der Waals surface area (Å²) in [5.74, 6) is 0.651. The molecule has 1 aliphatic carbocycles. The predicted molar refractivity (Wildman–Crippen MR) is 147 cm³/mol. The number of pyridine rings is 1. The molecular weight excluding hydrogens is 512 g/mol. The van der Waals surface area contributed by atoms with Crippen LogP contribution in [0.2, 0.25) is 5.02 Å². The average Bonchev–Trinajstić information content (AvgIpc) is 3.45. The fraction of sp³-hybridized carbons (Fsp3) is 0.346. The van der Waals surface area contributed by atoms with Gasteiger partial charge in [-0.2, -0.15) is 0 Å². The second-order valence-corrected chi connectivity index (χ2v) is 11.9. The van der Waals surface area contributed by atoms with Crippen molar-refractivity contribution in [2.24, 2.45) is 5.92 Å². The van der Waals surface area contributed by atoms with Crippen molar-refractivity contribution in [3.8, 4) is 0 Å². The Kier molecular flexibility index (Phi) is 6.31. The second-order valence-electron chi connectivity index (χ2n) is 9.55. The third-order valence-electron chi connectivity index (χ3n) is 6.45. The van der Waals surface area contributed by atoms with Crippen LogP contribution < -0.4 is 5.32 Å². The normalized spacial score (nSPS) is 13.7. The molecule has 184 valence electrons. The lowest BCUT2D eigenvalue weighted by Crippen LogP contribution is -2.14. The Hall–Kier alpha value is -2.75. The maximum atomic E-state index is 12.5. The Morgan fingerprint density at radius 2 is 1.94 bits per heavy atom. The van der Waals surface area contributed by atoms with E-state index in [1.165, 1.54) is 46.8 Å². The summed E-state index contributed by atoms with van der Waals surface area (Å²) in [6, 6.07) is 7.05. The minimum Gasteiger partial charge on any atom is -0.325 e. The van der Waals surface area contributed by atoms with Crippen LogP contribution in [0.5, 0.6) is 0 Å². The summed E-state index contributed by atoms with van der Waals surface area (Å²) >= 11 is 8.90. The number of thiophene rings is 1. The van der Waals surface area contributed by atoms with Gasteiger partial charge in [0.15, 0.2) is 10.8 Å². The van der Waals surface area contributed by atoms with Crippen molar-refractivity contribution in [2.75, 3.05) is 11.1 Å². The molecular formula is C26H25ClN6OS2. The van der Waals surface area contributed by atoms with Gasteiger partial charge in [-0.1, -0.05) is 37.2 Å². The quantitative estimate of drug-likeness (QED) is 0.254. The summed E-state index contributed by atoms with van der Waals surface area (Å²) in [7, 11) is 0. The van der Waals surface area contributed by atoms with E-state index in [-0.39, 0.29) is 11.7 Å². The van der Waals surface area contributed by atoms with Crippen molar-refractivity contribution in [1.82, 2.24) is 24.6 Å². The Morgan fingerprint density at radius 3 is 2.72 bits per heavy atom. The highest BCUT2D eigenvalue weighted by molar-refractivity contribution is 7.99. The van der Waals surface area contributed by atoms with Crippen LogP contribution in [0.4, 0.5) is 5.69 Å². The summed E-state index contributed by atoms with van der Waals surface area (Å²) in [4.78, 5) is 23.5. The van der Waals surface area contributed by atoms with Crippen LogP contribution in [0, 0.1) is 5.92 Å². The molecule has 0 bridgehead atoms. The van der Waals surface area contributed by atoms with Gasteiger partial charge >= 0.3 is 0 Å². The van der Waals surface area contributed by atoms with Gasteiger partial charge in [-0.15, -0.1) is 21.5 Å². The molecule has 0 spiro atoms. The van der Waals surface area contributed by atoms with E-state index >= 15 is 0 Å². The van der Waals surface area contributed by atoms with Crippen LogP contribution in [0.15, 0.2) is 35.7 Å². The number of nitrogens with one attached hydrogen (secondary N) is 1. The highest BCUT2D eigenvalue weighted by Gasteiger charge is 2.24. The topological polar surface area (TPSA) is 85.1 Å². The van der Waals surface area contributed by atoms with E-state index in [4.69, 9.17) is 21.6 Å². The van der Waals surface area contributed by atoms with Crippen LogP contribution in [0.25, 0.3) is 26.1 Å². The smallest absolute Gasteiger partial charge is 0.234 e. The second kappa shape index (κ2) is 9.61. The van der Waals surface area contributed by atoms with E-state index in [2.05, 4.69) is 29.4 Å². The number of fused-ring (bicyclic) bond motifs is 7. The zero-order valence-corrected chi connectivity index (χ0v) is 22.4. The fourth-order valence-corrected chi connectivity index (χ4v) is 6.87. The molecule has 10 heteroatoms.